The molecule has 0 spiro atoms. The molecule has 0 aliphatic rings. The third kappa shape index (κ3) is 4.36. The summed E-state index contributed by atoms with van der Waals surface area (Å²) in [5.41, 5.74) is 16.4. The molecule has 0 bridgehead atoms. The van der Waals surface area contributed by atoms with Crippen LogP contribution >= 0.6 is 0 Å². The van der Waals surface area contributed by atoms with Crippen molar-refractivity contribution in [3.8, 4) is 0 Å². The van der Waals surface area contributed by atoms with Gasteiger partial charge in [0.05, 0.1) is 0 Å². The van der Waals surface area contributed by atoms with E-state index in [0.29, 0.717) is 5.69 Å². The average molecular weight is 386 g/mol. The molecule has 0 N–H and O–H groups in total. The van der Waals surface area contributed by atoms with Crippen LogP contribution in [0.5, 0.6) is 0 Å². The van der Waals surface area contributed by atoms with Crippen molar-refractivity contribution in [2.75, 3.05) is 38.0 Å². The van der Waals surface area contributed by atoms with E-state index in [2.05, 4.69) is 74.4 Å². The predicted octanol–water partition coefficient (Wildman–Crippen LogP) is 6.25. The summed E-state index contributed by atoms with van der Waals surface area (Å²) in [4.78, 5) is 7.26. The number of benzene rings is 3. The zero-order valence-electron chi connectivity index (χ0n) is 17.7. The first-order chi connectivity index (χ1) is 13.9. The minimum absolute atomic E-state index is 0.0252. The minimum atomic E-state index is -0.0252. The van der Waals surface area contributed by atoms with Crippen LogP contribution in [0.25, 0.3) is 10.4 Å². The van der Waals surface area contributed by atoms with E-state index in [4.69, 9.17) is 5.53 Å². The number of hydrogen-bond donors (Lipinski definition) is 0. The Labute approximate surface area is 172 Å². The van der Waals surface area contributed by atoms with Crippen LogP contribution in [-0.4, -0.2) is 28.2 Å². The third-order valence-corrected chi connectivity index (χ3v) is 5.21. The molecule has 3 aromatic rings. The molecule has 0 amide bonds. The molecular weight excluding hydrogens is 358 g/mol. The van der Waals surface area contributed by atoms with Gasteiger partial charge < -0.3 is 9.80 Å². The molecule has 29 heavy (non-hydrogen) atoms. The van der Waals surface area contributed by atoms with Gasteiger partial charge in [-0.1, -0.05) is 47.6 Å². The topological polar surface area (TPSA) is 55.2 Å². The fourth-order valence-electron chi connectivity index (χ4n) is 3.58. The van der Waals surface area contributed by atoms with Crippen molar-refractivity contribution in [3.05, 3.63) is 99.4 Å². The van der Waals surface area contributed by atoms with Crippen molar-refractivity contribution in [1.29, 1.82) is 0 Å². The van der Waals surface area contributed by atoms with Crippen LogP contribution in [0.2, 0.25) is 0 Å². The van der Waals surface area contributed by atoms with Crippen LogP contribution in [0.1, 0.15) is 28.2 Å². The van der Waals surface area contributed by atoms with Gasteiger partial charge in [-0.25, -0.2) is 0 Å². The Morgan fingerprint density at radius 2 is 1.24 bits per heavy atom. The molecule has 0 fully saturated rings. The normalized spacial score (nSPS) is 10.6. The van der Waals surface area contributed by atoms with Crippen LogP contribution in [0.3, 0.4) is 0 Å². The quantitative estimate of drug-likeness (QED) is 0.218. The molecule has 0 aliphatic heterocycles. The van der Waals surface area contributed by atoms with E-state index in [9.17, 15) is 0 Å². The summed E-state index contributed by atoms with van der Waals surface area (Å²) in [5, 5.41) is 4.03. The van der Waals surface area contributed by atoms with Crippen molar-refractivity contribution >= 4 is 17.1 Å². The highest BCUT2D eigenvalue weighted by Crippen LogP contribution is 2.39. The van der Waals surface area contributed by atoms with Gasteiger partial charge in [0, 0.05) is 56.1 Å². The van der Waals surface area contributed by atoms with Gasteiger partial charge in [-0.15, -0.1) is 0 Å². The Kier molecular flexibility index (Phi) is 6.10. The molecule has 3 rings (SSSR count). The maximum atomic E-state index is 9.13. The second-order valence-corrected chi connectivity index (χ2v) is 7.61. The second kappa shape index (κ2) is 8.72. The number of aryl methyl sites for hydroxylation is 1. The Bertz CT molecular complexity index is 963. The average Bonchev–Trinajstić information content (AvgIpc) is 2.71. The highest BCUT2D eigenvalue weighted by Gasteiger charge is 2.20. The molecule has 0 aliphatic carbocycles. The Morgan fingerprint density at radius 3 is 1.66 bits per heavy atom. The summed E-state index contributed by atoms with van der Waals surface area (Å²) < 4.78 is 0. The van der Waals surface area contributed by atoms with Gasteiger partial charge >= 0.3 is 0 Å². The Morgan fingerprint density at radius 1 is 0.759 bits per heavy atom. The van der Waals surface area contributed by atoms with Crippen molar-refractivity contribution < 1.29 is 0 Å². The van der Waals surface area contributed by atoms with Gasteiger partial charge in [-0.2, -0.15) is 0 Å². The molecule has 0 aromatic heterocycles. The van der Waals surface area contributed by atoms with Crippen LogP contribution in [0.15, 0.2) is 71.8 Å². The summed E-state index contributed by atoms with van der Waals surface area (Å²) in [6, 6.07) is 23.2. The standard InChI is InChI=1S/C24H27N5/c1-17-7-6-8-22(24(17)26-27-25)23(18-9-13-20(14-10-18)28(2)3)19-11-15-21(16-12-19)29(4)5/h6-16,23H,1-5H3. The summed E-state index contributed by atoms with van der Waals surface area (Å²) in [6.45, 7) is 1.98. The van der Waals surface area contributed by atoms with E-state index >= 15 is 0 Å². The first-order valence-electron chi connectivity index (χ1n) is 9.61. The molecule has 0 atom stereocenters. The van der Waals surface area contributed by atoms with Gasteiger partial charge in [0.25, 0.3) is 0 Å². The molecule has 0 saturated carbocycles. The fraction of sp³-hybridized carbons (Fsp3) is 0.250. The van der Waals surface area contributed by atoms with E-state index in [1.807, 2.05) is 47.2 Å². The summed E-state index contributed by atoms with van der Waals surface area (Å²) in [5.74, 6) is -0.0252. The number of anilines is 2. The Balaban J connectivity index is 2.19. The minimum Gasteiger partial charge on any atom is -0.378 e. The van der Waals surface area contributed by atoms with Crippen molar-refractivity contribution in [2.24, 2.45) is 5.11 Å². The summed E-state index contributed by atoms with van der Waals surface area (Å²) >= 11 is 0. The molecule has 3 aromatic carbocycles. The fourth-order valence-corrected chi connectivity index (χ4v) is 3.58. The lowest BCUT2D eigenvalue weighted by Crippen LogP contribution is -2.10. The lowest BCUT2D eigenvalue weighted by atomic mass is 9.83. The lowest BCUT2D eigenvalue weighted by molar-refractivity contribution is 0.968. The summed E-state index contributed by atoms with van der Waals surface area (Å²) in [7, 11) is 8.14. The summed E-state index contributed by atoms with van der Waals surface area (Å²) in [6.07, 6.45) is 0. The SMILES string of the molecule is Cc1cccc(C(c2ccc(N(C)C)cc2)c2ccc(N(C)C)cc2)c1N=[N+]=[N-]. The maximum Gasteiger partial charge on any atom is 0.0446 e. The van der Waals surface area contributed by atoms with Crippen molar-refractivity contribution in [2.45, 2.75) is 12.8 Å². The number of azide groups is 1. The smallest absolute Gasteiger partial charge is 0.0446 e. The van der Waals surface area contributed by atoms with E-state index in [1.54, 1.807) is 0 Å². The van der Waals surface area contributed by atoms with Crippen LogP contribution < -0.4 is 9.80 Å². The van der Waals surface area contributed by atoms with E-state index < -0.39 is 0 Å². The molecule has 5 nitrogen and oxygen atoms in total. The van der Waals surface area contributed by atoms with Gasteiger partial charge in [0.1, 0.15) is 0 Å². The zero-order chi connectivity index (χ0) is 21.0. The lowest BCUT2D eigenvalue weighted by Gasteiger charge is -2.23. The van der Waals surface area contributed by atoms with Gasteiger partial charge in [-0.3, -0.25) is 0 Å². The third-order valence-electron chi connectivity index (χ3n) is 5.21. The van der Waals surface area contributed by atoms with Crippen LogP contribution in [0, 0.1) is 6.92 Å². The number of nitrogens with zero attached hydrogens (tertiary/aromatic N) is 5. The molecule has 0 saturated heterocycles. The monoisotopic (exact) mass is 385 g/mol. The second-order valence-electron chi connectivity index (χ2n) is 7.61. The van der Waals surface area contributed by atoms with Crippen molar-refractivity contribution in [1.82, 2.24) is 0 Å². The highest BCUT2D eigenvalue weighted by atomic mass is 15.1. The largest absolute Gasteiger partial charge is 0.378 e. The van der Waals surface area contributed by atoms with Crippen molar-refractivity contribution in [3.63, 3.8) is 0 Å². The molecular formula is C24H27N5. The first kappa shape index (κ1) is 20.3. The van der Waals surface area contributed by atoms with Crippen LogP contribution in [0.4, 0.5) is 17.1 Å². The van der Waals surface area contributed by atoms with Crippen LogP contribution in [-0.2, 0) is 0 Å². The molecule has 148 valence electrons. The van der Waals surface area contributed by atoms with Gasteiger partial charge in [0.2, 0.25) is 0 Å². The molecule has 0 radical (unpaired) electrons. The van der Waals surface area contributed by atoms with E-state index in [0.717, 1.165) is 33.6 Å². The Hall–Kier alpha value is -3.43. The maximum absolute atomic E-state index is 9.13. The highest BCUT2D eigenvalue weighted by molar-refractivity contribution is 5.61. The zero-order valence-corrected chi connectivity index (χ0v) is 17.7. The van der Waals surface area contributed by atoms with E-state index in [-0.39, 0.29) is 5.92 Å². The predicted molar refractivity (Wildman–Crippen MR) is 122 cm³/mol. The van der Waals surface area contributed by atoms with E-state index in [1.165, 1.54) is 0 Å². The first-order valence-corrected chi connectivity index (χ1v) is 9.61. The van der Waals surface area contributed by atoms with Gasteiger partial charge in [0.15, 0.2) is 0 Å². The van der Waals surface area contributed by atoms with Gasteiger partial charge in [-0.05, 0) is 59.0 Å². The molecule has 0 heterocycles. The number of hydrogen-bond acceptors (Lipinski definition) is 3. The molecule has 0 unspecified atom stereocenters. The molecule has 5 heteroatoms. The number of rotatable bonds is 6.